The van der Waals surface area contributed by atoms with Crippen LogP contribution in [0.3, 0.4) is 0 Å². The number of hydrogen-bond acceptors (Lipinski definition) is 6. The highest BCUT2D eigenvalue weighted by Gasteiger charge is 2.03. The van der Waals surface area contributed by atoms with Gasteiger partial charge in [-0.1, -0.05) is 0 Å². The Morgan fingerprint density at radius 3 is 2.88 bits per heavy atom. The molecule has 0 aliphatic heterocycles. The first-order valence-corrected chi connectivity index (χ1v) is 5.33. The van der Waals surface area contributed by atoms with Crippen LogP contribution in [0.1, 0.15) is 11.1 Å². The lowest BCUT2D eigenvalue weighted by atomic mass is 10.2. The van der Waals surface area contributed by atoms with Gasteiger partial charge in [-0.25, -0.2) is 0 Å². The number of aryl methyl sites for hydroxylation is 1. The average molecular weight is 251 g/mol. The van der Waals surface area contributed by atoms with E-state index < -0.39 is 0 Å². The van der Waals surface area contributed by atoms with Gasteiger partial charge < -0.3 is 11.1 Å². The summed E-state index contributed by atoms with van der Waals surface area (Å²) in [7, 11) is 0. The number of hydrogen-bond donors (Lipinski definition) is 2. The van der Waals surface area contributed by atoms with Crippen molar-refractivity contribution in [2.45, 2.75) is 13.5 Å². The molecule has 0 fully saturated rings. The van der Waals surface area contributed by atoms with Crippen LogP contribution in [-0.4, -0.2) is 19.9 Å². The first-order chi connectivity index (χ1) is 8.15. The molecule has 0 atom stereocenters. The second-order valence-corrected chi connectivity index (χ2v) is 3.78. The van der Waals surface area contributed by atoms with Crippen LogP contribution in [0.25, 0.3) is 0 Å². The number of rotatable bonds is 3. The first-order valence-electron chi connectivity index (χ1n) is 4.95. The molecule has 2 heterocycles. The summed E-state index contributed by atoms with van der Waals surface area (Å²) in [6, 6.07) is 1.94. The number of nitrogens with zero attached hydrogens (tertiary/aromatic N) is 4. The molecule has 0 aromatic carbocycles. The Morgan fingerprint density at radius 2 is 2.18 bits per heavy atom. The quantitative estimate of drug-likeness (QED) is 0.856. The van der Waals surface area contributed by atoms with Gasteiger partial charge in [0.25, 0.3) is 0 Å². The highest BCUT2D eigenvalue weighted by Crippen LogP contribution is 2.10. The number of anilines is 2. The van der Waals surface area contributed by atoms with Crippen molar-refractivity contribution in [1.29, 1.82) is 0 Å². The Labute approximate surface area is 103 Å². The molecule has 0 aliphatic rings. The lowest BCUT2D eigenvalue weighted by Crippen LogP contribution is -2.08. The van der Waals surface area contributed by atoms with Crippen molar-refractivity contribution in [3.05, 3.63) is 34.9 Å². The van der Waals surface area contributed by atoms with Gasteiger partial charge in [0.2, 0.25) is 17.2 Å². The summed E-state index contributed by atoms with van der Waals surface area (Å²) in [5.41, 5.74) is 7.66. The molecule has 17 heavy (non-hydrogen) atoms. The standard InChI is InChI=1S/C10H11ClN6/c1-6-2-3-13-4-7(6)5-14-10-16-8(11)15-9(12)17-10/h2-4H,5H2,1H3,(H3,12,14,15,16,17). The number of aromatic nitrogens is 4. The summed E-state index contributed by atoms with van der Waals surface area (Å²) in [4.78, 5) is 15.6. The van der Waals surface area contributed by atoms with Crippen molar-refractivity contribution < 1.29 is 0 Å². The largest absolute Gasteiger partial charge is 0.368 e. The highest BCUT2D eigenvalue weighted by molar-refractivity contribution is 6.28. The number of nitrogen functional groups attached to an aromatic ring is 1. The fraction of sp³-hybridized carbons (Fsp3) is 0.200. The first kappa shape index (κ1) is 11.5. The molecule has 3 N–H and O–H groups in total. The Kier molecular flexibility index (Phi) is 3.34. The Hall–Kier alpha value is -1.95. The van der Waals surface area contributed by atoms with Crippen molar-refractivity contribution in [3.63, 3.8) is 0 Å². The van der Waals surface area contributed by atoms with Crippen LogP contribution in [0.5, 0.6) is 0 Å². The van der Waals surface area contributed by atoms with Gasteiger partial charge >= 0.3 is 0 Å². The Bertz CT molecular complexity index is 510. The molecule has 0 spiro atoms. The second kappa shape index (κ2) is 4.92. The zero-order valence-corrected chi connectivity index (χ0v) is 9.94. The molecule has 0 aliphatic carbocycles. The van der Waals surface area contributed by atoms with Gasteiger partial charge in [-0.15, -0.1) is 0 Å². The van der Waals surface area contributed by atoms with Gasteiger partial charge in [0.05, 0.1) is 0 Å². The van der Waals surface area contributed by atoms with E-state index in [1.54, 1.807) is 12.4 Å². The number of nitrogens with two attached hydrogens (primary N) is 1. The average Bonchev–Trinajstić information content (AvgIpc) is 2.27. The maximum atomic E-state index is 5.67. The normalized spacial score (nSPS) is 10.2. The monoisotopic (exact) mass is 250 g/mol. The van der Waals surface area contributed by atoms with Crippen LogP contribution in [-0.2, 0) is 6.54 Å². The highest BCUT2D eigenvalue weighted by atomic mass is 35.5. The number of nitrogens with one attached hydrogen (secondary N) is 1. The SMILES string of the molecule is Cc1ccncc1CNc1nc(N)nc(Cl)n1. The maximum Gasteiger partial charge on any atom is 0.229 e. The smallest absolute Gasteiger partial charge is 0.229 e. The number of pyridine rings is 1. The van der Waals surface area contributed by atoms with Crippen LogP contribution >= 0.6 is 11.6 Å². The fourth-order valence-electron chi connectivity index (χ4n) is 1.30. The lowest BCUT2D eigenvalue weighted by molar-refractivity contribution is 0.997. The van der Waals surface area contributed by atoms with E-state index in [1.807, 2.05) is 13.0 Å². The van der Waals surface area contributed by atoms with Gasteiger partial charge in [-0.2, -0.15) is 15.0 Å². The van der Waals surface area contributed by atoms with Crippen molar-refractivity contribution in [2.24, 2.45) is 0 Å². The molecule has 0 radical (unpaired) electrons. The summed E-state index contributed by atoms with van der Waals surface area (Å²) in [6.07, 6.45) is 3.53. The van der Waals surface area contributed by atoms with Gasteiger partial charge in [0, 0.05) is 18.9 Å². The van der Waals surface area contributed by atoms with Gasteiger partial charge in [-0.3, -0.25) is 4.98 Å². The van der Waals surface area contributed by atoms with Gasteiger partial charge in [0.1, 0.15) is 0 Å². The van der Waals surface area contributed by atoms with E-state index in [0.29, 0.717) is 12.5 Å². The summed E-state index contributed by atoms with van der Waals surface area (Å²) in [5, 5.41) is 3.09. The van der Waals surface area contributed by atoms with Crippen LogP contribution in [0.4, 0.5) is 11.9 Å². The molecule has 0 bridgehead atoms. The predicted octanol–water partition coefficient (Wildman–Crippen LogP) is 1.42. The van der Waals surface area contributed by atoms with Crippen molar-refractivity contribution in [3.8, 4) is 0 Å². The Balaban J connectivity index is 2.10. The minimum absolute atomic E-state index is 0.0721. The molecule has 0 amide bonds. The third-order valence-corrected chi connectivity index (χ3v) is 2.38. The zero-order chi connectivity index (χ0) is 12.3. The zero-order valence-electron chi connectivity index (χ0n) is 9.18. The van der Waals surface area contributed by atoms with E-state index in [9.17, 15) is 0 Å². The van der Waals surface area contributed by atoms with E-state index in [4.69, 9.17) is 17.3 Å². The van der Waals surface area contributed by atoms with E-state index in [1.165, 1.54) is 0 Å². The van der Waals surface area contributed by atoms with Crippen LogP contribution in [0.15, 0.2) is 18.5 Å². The molecule has 7 heteroatoms. The second-order valence-electron chi connectivity index (χ2n) is 3.44. The van der Waals surface area contributed by atoms with Crippen LogP contribution in [0.2, 0.25) is 5.28 Å². The molecule has 0 saturated carbocycles. The Morgan fingerprint density at radius 1 is 1.35 bits per heavy atom. The van der Waals surface area contributed by atoms with E-state index >= 15 is 0 Å². The minimum atomic E-state index is 0.0721. The van der Waals surface area contributed by atoms with Crippen molar-refractivity contribution >= 4 is 23.5 Å². The van der Waals surface area contributed by atoms with E-state index in [2.05, 4.69) is 25.3 Å². The third kappa shape index (κ3) is 3.01. The van der Waals surface area contributed by atoms with Crippen LogP contribution < -0.4 is 11.1 Å². The number of halogens is 1. The van der Waals surface area contributed by atoms with E-state index in [-0.39, 0.29) is 11.2 Å². The van der Waals surface area contributed by atoms with Crippen molar-refractivity contribution in [2.75, 3.05) is 11.1 Å². The lowest BCUT2D eigenvalue weighted by Gasteiger charge is -2.07. The summed E-state index contributed by atoms with van der Waals surface area (Å²) < 4.78 is 0. The van der Waals surface area contributed by atoms with Gasteiger partial charge in [-0.05, 0) is 35.7 Å². The summed E-state index contributed by atoms with van der Waals surface area (Å²) in [5.74, 6) is 0.446. The molecule has 2 aromatic heterocycles. The molecular weight excluding hydrogens is 240 g/mol. The van der Waals surface area contributed by atoms with Crippen molar-refractivity contribution in [1.82, 2.24) is 19.9 Å². The maximum absolute atomic E-state index is 5.67. The summed E-state index contributed by atoms with van der Waals surface area (Å²) in [6.45, 7) is 2.56. The minimum Gasteiger partial charge on any atom is -0.368 e. The van der Waals surface area contributed by atoms with Gasteiger partial charge in [0.15, 0.2) is 0 Å². The van der Waals surface area contributed by atoms with Crippen LogP contribution in [0, 0.1) is 6.92 Å². The summed E-state index contributed by atoms with van der Waals surface area (Å²) >= 11 is 5.67. The van der Waals surface area contributed by atoms with E-state index in [0.717, 1.165) is 11.1 Å². The topological polar surface area (TPSA) is 89.6 Å². The molecule has 0 unspecified atom stereocenters. The molecule has 2 rings (SSSR count). The molecule has 2 aromatic rings. The third-order valence-electron chi connectivity index (χ3n) is 2.21. The molecule has 88 valence electrons. The molecule has 0 saturated heterocycles. The molecule has 6 nitrogen and oxygen atoms in total. The predicted molar refractivity (Wildman–Crippen MR) is 65.6 cm³/mol. The molecular formula is C10H11ClN6. The fourth-order valence-corrected chi connectivity index (χ4v) is 1.47.